The van der Waals surface area contributed by atoms with E-state index in [1.54, 1.807) is 0 Å². The monoisotopic (exact) mass is 431 g/mol. The van der Waals surface area contributed by atoms with Crippen molar-refractivity contribution in [2.75, 3.05) is 37.0 Å². The summed E-state index contributed by atoms with van der Waals surface area (Å²) in [4.78, 5) is 14.7. The minimum atomic E-state index is -0.0286. The number of carbonyl (C=O) groups excluding carboxylic acids is 1. The molecule has 2 aromatic rings. The molecule has 1 aliphatic heterocycles. The number of amides is 1. The highest BCUT2D eigenvalue weighted by Gasteiger charge is 2.20. The van der Waals surface area contributed by atoms with E-state index in [4.69, 9.17) is 4.74 Å². The van der Waals surface area contributed by atoms with Crippen molar-refractivity contribution in [2.45, 2.75) is 51.9 Å². The lowest BCUT2D eigenvalue weighted by molar-refractivity contribution is -0.119. The van der Waals surface area contributed by atoms with E-state index in [2.05, 4.69) is 70.0 Å². The molecule has 0 spiro atoms. The Kier molecular flexibility index (Phi) is 8.16. The Bertz CT molecular complexity index is 815. The van der Waals surface area contributed by atoms with Gasteiger partial charge in [0, 0.05) is 19.6 Å². The number of benzene rings is 1. The number of ether oxygens (including phenoxy) is 1. The molecule has 0 aliphatic carbocycles. The Morgan fingerprint density at radius 1 is 1.17 bits per heavy atom. The number of nitrogens with zero attached hydrogens (tertiary/aromatic N) is 4. The third-order valence-electron chi connectivity index (χ3n) is 5.14. The van der Waals surface area contributed by atoms with Gasteiger partial charge in [0.2, 0.25) is 11.9 Å². The Morgan fingerprint density at radius 3 is 2.50 bits per heavy atom. The summed E-state index contributed by atoms with van der Waals surface area (Å²) in [5.41, 5.74) is 2.45. The van der Waals surface area contributed by atoms with E-state index in [0.29, 0.717) is 24.9 Å². The summed E-state index contributed by atoms with van der Waals surface area (Å²) in [5.74, 6) is 1.81. The van der Waals surface area contributed by atoms with Crippen LogP contribution >= 0.6 is 11.8 Å². The molecule has 7 nitrogen and oxygen atoms in total. The standard InChI is InChI=1S/C22H33N5O2S/c1-5-27-21(26-10-12-29-13-11-26)24-25-22(27)30-15-20(28)23-17(4)19-8-6-18(7-9-19)14-16(2)3/h6-9,16-17H,5,10-15H2,1-4H3,(H,23,28)/t17-/m0/s1. The van der Waals surface area contributed by atoms with Crippen LogP contribution in [0.4, 0.5) is 5.95 Å². The van der Waals surface area contributed by atoms with Crippen LogP contribution in [0, 0.1) is 5.92 Å². The number of hydrogen-bond acceptors (Lipinski definition) is 6. The lowest BCUT2D eigenvalue weighted by atomic mass is 10.00. The van der Waals surface area contributed by atoms with E-state index < -0.39 is 0 Å². The molecule has 1 N–H and O–H groups in total. The first-order valence-electron chi connectivity index (χ1n) is 10.7. The Hall–Kier alpha value is -2.06. The van der Waals surface area contributed by atoms with Crippen molar-refractivity contribution in [2.24, 2.45) is 5.92 Å². The van der Waals surface area contributed by atoms with Crippen molar-refractivity contribution in [3.63, 3.8) is 0 Å². The fourth-order valence-corrected chi connectivity index (χ4v) is 4.38. The van der Waals surface area contributed by atoms with E-state index in [0.717, 1.165) is 42.7 Å². The quantitative estimate of drug-likeness (QED) is 0.614. The van der Waals surface area contributed by atoms with Crippen LogP contribution in [0.3, 0.4) is 0 Å². The molecule has 30 heavy (non-hydrogen) atoms. The van der Waals surface area contributed by atoms with Gasteiger partial charge in [-0.3, -0.25) is 9.36 Å². The number of thioether (sulfide) groups is 1. The van der Waals surface area contributed by atoms with Gasteiger partial charge in [0.1, 0.15) is 0 Å². The van der Waals surface area contributed by atoms with Gasteiger partial charge in [0.05, 0.1) is 25.0 Å². The number of hydrogen-bond donors (Lipinski definition) is 1. The molecule has 8 heteroatoms. The van der Waals surface area contributed by atoms with Crippen LogP contribution < -0.4 is 10.2 Å². The zero-order valence-corrected chi connectivity index (χ0v) is 19.2. The van der Waals surface area contributed by atoms with E-state index >= 15 is 0 Å². The molecule has 2 heterocycles. The van der Waals surface area contributed by atoms with Crippen molar-refractivity contribution in [3.05, 3.63) is 35.4 Å². The molecular formula is C22H33N5O2S. The van der Waals surface area contributed by atoms with Crippen molar-refractivity contribution in [1.82, 2.24) is 20.1 Å². The van der Waals surface area contributed by atoms with Gasteiger partial charge in [-0.05, 0) is 37.3 Å². The second-order valence-electron chi connectivity index (χ2n) is 8.04. The summed E-state index contributed by atoms with van der Waals surface area (Å²) in [6.07, 6.45) is 1.07. The fourth-order valence-electron chi connectivity index (χ4n) is 3.57. The number of rotatable bonds is 9. The minimum Gasteiger partial charge on any atom is -0.378 e. The zero-order chi connectivity index (χ0) is 21.5. The first kappa shape index (κ1) is 22.6. The highest BCUT2D eigenvalue weighted by atomic mass is 32.2. The van der Waals surface area contributed by atoms with Crippen LogP contribution in [0.25, 0.3) is 0 Å². The third kappa shape index (κ3) is 5.98. The van der Waals surface area contributed by atoms with Crippen LogP contribution in [-0.2, 0) is 22.5 Å². The Morgan fingerprint density at radius 2 is 1.87 bits per heavy atom. The van der Waals surface area contributed by atoms with Crippen LogP contribution in [-0.4, -0.2) is 52.7 Å². The molecule has 1 fully saturated rings. The molecule has 164 valence electrons. The average molecular weight is 432 g/mol. The molecule has 0 radical (unpaired) electrons. The summed E-state index contributed by atoms with van der Waals surface area (Å²) < 4.78 is 7.49. The summed E-state index contributed by atoms with van der Waals surface area (Å²) in [6, 6.07) is 8.50. The maximum Gasteiger partial charge on any atom is 0.230 e. The molecule has 1 saturated heterocycles. The van der Waals surface area contributed by atoms with E-state index in [-0.39, 0.29) is 11.9 Å². The van der Waals surface area contributed by atoms with Gasteiger partial charge >= 0.3 is 0 Å². The maximum atomic E-state index is 12.5. The molecular weight excluding hydrogens is 398 g/mol. The zero-order valence-electron chi connectivity index (χ0n) is 18.4. The molecule has 1 aromatic heterocycles. The number of carbonyl (C=O) groups is 1. The Balaban J connectivity index is 1.53. The highest BCUT2D eigenvalue weighted by molar-refractivity contribution is 7.99. The Labute approximate surface area is 183 Å². The van der Waals surface area contributed by atoms with Crippen LogP contribution in [0.2, 0.25) is 0 Å². The average Bonchev–Trinajstić information content (AvgIpc) is 3.16. The number of aromatic nitrogens is 3. The predicted molar refractivity (Wildman–Crippen MR) is 121 cm³/mol. The van der Waals surface area contributed by atoms with Crippen molar-refractivity contribution in [1.29, 1.82) is 0 Å². The second kappa shape index (κ2) is 10.8. The van der Waals surface area contributed by atoms with Crippen molar-refractivity contribution in [3.8, 4) is 0 Å². The van der Waals surface area contributed by atoms with Crippen molar-refractivity contribution < 1.29 is 9.53 Å². The largest absolute Gasteiger partial charge is 0.378 e. The van der Waals surface area contributed by atoms with Gasteiger partial charge in [0.25, 0.3) is 0 Å². The number of morpholine rings is 1. The normalized spacial score (nSPS) is 15.4. The van der Waals surface area contributed by atoms with Gasteiger partial charge in [-0.1, -0.05) is 49.9 Å². The topological polar surface area (TPSA) is 72.3 Å². The molecule has 1 amide bonds. The lowest BCUT2D eigenvalue weighted by Gasteiger charge is -2.27. The molecule has 1 atom stereocenters. The molecule has 1 aromatic carbocycles. The van der Waals surface area contributed by atoms with Crippen LogP contribution in [0.15, 0.2) is 29.4 Å². The predicted octanol–water partition coefficient (Wildman–Crippen LogP) is 3.30. The molecule has 1 aliphatic rings. The van der Waals surface area contributed by atoms with Gasteiger partial charge in [0.15, 0.2) is 5.16 Å². The third-order valence-corrected chi connectivity index (χ3v) is 6.11. The summed E-state index contributed by atoms with van der Waals surface area (Å²) in [6.45, 7) is 12.3. The first-order valence-corrected chi connectivity index (χ1v) is 11.7. The minimum absolute atomic E-state index is 0.00247. The van der Waals surface area contributed by atoms with E-state index in [1.807, 2.05) is 6.92 Å². The second-order valence-corrected chi connectivity index (χ2v) is 8.99. The first-order chi connectivity index (χ1) is 14.5. The summed E-state index contributed by atoms with van der Waals surface area (Å²) >= 11 is 1.43. The molecule has 0 unspecified atom stereocenters. The SMILES string of the molecule is CCn1c(SCC(=O)N[C@@H](C)c2ccc(CC(C)C)cc2)nnc1N1CCOCC1. The number of anilines is 1. The molecule has 0 bridgehead atoms. The smallest absolute Gasteiger partial charge is 0.230 e. The lowest BCUT2D eigenvalue weighted by Crippen LogP contribution is -2.38. The fraction of sp³-hybridized carbons (Fsp3) is 0.591. The van der Waals surface area contributed by atoms with Gasteiger partial charge in [-0.25, -0.2) is 0 Å². The van der Waals surface area contributed by atoms with Gasteiger partial charge < -0.3 is 15.0 Å². The summed E-state index contributed by atoms with van der Waals surface area (Å²) in [7, 11) is 0. The van der Waals surface area contributed by atoms with E-state index in [1.165, 1.54) is 17.3 Å². The highest BCUT2D eigenvalue weighted by Crippen LogP contribution is 2.23. The molecule has 0 saturated carbocycles. The summed E-state index contributed by atoms with van der Waals surface area (Å²) in [5, 5.41) is 12.5. The van der Waals surface area contributed by atoms with E-state index in [9.17, 15) is 4.79 Å². The van der Waals surface area contributed by atoms with Crippen LogP contribution in [0.1, 0.15) is 44.9 Å². The van der Waals surface area contributed by atoms with Gasteiger partial charge in [-0.15, -0.1) is 10.2 Å². The molecule has 3 rings (SSSR count). The van der Waals surface area contributed by atoms with Crippen LogP contribution in [0.5, 0.6) is 0 Å². The number of nitrogens with one attached hydrogen (secondary N) is 1. The van der Waals surface area contributed by atoms with Crippen molar-refractivity contribution >= 4 is 23.6 Å². The maximum absolute atomic E-state index is 12.5. The van der Waals surface area contributed by atoms with Gasteiger partial charge in [-0.2, -0.15) is 0 Å².